The van der Waals surface area contributed by atoms with Crippen molar-refractivity contribution in [3.05, 3.63) is 70.1 Å². The molecule has 0 fully saturated rings. The van der Waals surface area contributed by atoms with E-state index in [0.717, 1.165) is 10.9 Å². The van der Waals surface area contributed by atoms with E-state index in [1.807, 2.05) is 19.1 Å². The van der Waals surface area contributed by atoms with Crippen molar-refractivity contribution >= 4 is 16.9 Å². The van der Waals surface area contributed by atoms with E-state index in [4.69, 9.17) is 9.52 Å². The number of fused-ring (bicyclic) bond motifs is 1. The first-order valence-electron chi connectivity index (χ1n) is 6.43. The zero-order chi connectivity index (χ0) is 15.0. The van der Waals surface area contributed by atoms with Crippen molar-refractivity contribution in [3.63, 3.8) is 0 Å². The number of aryl methyl sites for hydroxylation is 1. The van der Waals surface area contributed by atoms with E-state index in [2.05, 4.69) is 0 Å². The first-order chi connectivity index (χ1) is 10.0. The lowest BCUT2D eigenvalue weighted by atomic mass is 10.0. The van der Waals surface area contributed by atoms with Crippen molar-refractivity contribution in [3.8, 4) is 11.1 Å². The third-order valence-corrected chi connectivity index (χ3v) is 3.33. The van der Waals surface area contributed by atoms with Crippen molar-refractivity contribution < 1.29 is 14.3 Å². The van der Waals surface area contributed by atoms with Gasteiger partial charge in [0.15, 0.2) is 0 Å². The fourth-order valence-electron chi connectivity index (χ4n) is 2.24. The Morgan fingerprint density at radius 3 is 2.43 bits per heavy atom. The van der Waals surface area contributed by atoms with Gasteiger partial charge >= 0.3 is 11.6 Å². The van der Waals surface area contributed by atoms with Gasteiger partial charge in [-0.2, -0.15) is 0 Å². The maximum atomic E-state index is 12.1. The van der Waals surface area contributed by atoms with E-state index in [9.17, 15) is 9.59 Å². The second-order valence-corrected chi connectivity index (χ2v) is 4.87. The Kier molecular flexibility index (Phi) is 3.06. The van der Waals surface area contributed by atoms with Crippen molar-refractivity contribution in [1.29, 1.82) is 0 Å². The molecule has 1 N–H and O–H groups in total. The molecule has 0 saturated heterocycles. The summed E-state index contributed by atoms with van der Waals surface area (Å²) < 4.78 is 5.31. The molecule has 3 rings (SSSR count). The minimum absolute atomic E-state index is 0.180. The van der Waals surface area contributed by atoms with Gasteiger partial charge in [0.25, 0.3) is 0 Å². The molecule has 4 nitrogen and oxygen atoms in total. The minimum atomic E-state index is -0.997. The fourth-order valence-corrected chi connectivity index (χ4v) is 2.24. The Bertz CT molecular complexity index is 889. The molecule has 0 spiro atoms. The van der Waals surface area contributed by atoms with Crippen LogP contribution in [0.5, 0.6) is 0 Å². The van der Waals surface area contributed by atoms with Gasteiger partial charge in [-0.15, -0.1) is 0 Å². The highest BCUT2D eigenvalue weighted by Gasteiger charge is 2.09. The molecule has 1 heterocycles. The molecule has 0 amide bonds. The van der Waals surface area contributed by atoms with Gasteiger partial charge in [-0.25, -0.2) is 9.59 Å². The van der Waals surface area contributed by atoms with Crippen LogP contribution >= 0.6 is 0 Å². The molecule has 0 bridgehead atoms. The molecule has 1 aromatic heterocycles. The Labute approximate surface area is 120 Å². The van der Waals surface area contributed by atoms with Crippen LogP contribution in [0.2, 0.25) is 0 Å². The van der Waals surface area contributed by atoms with Gasteiger partial charge in [0, 0.05) is 5.39 Å². The Morgan fingerprint density at radius 1 is 1.05 bits per heavy atom. The number of carboxylic acid groups (broad SMARTS) is 1. The average molecular weight is 280 g/mol. The zero-order valence-electron chi connectivity index (χ0n) is 11.3. The third-order valence-electron chi connectivity index (χ3n) is 3.33. The third kappa shape index (κ3) is 2.43. The van der Waals surface area contributed by atoms with Crippen molar-refractivity contribution in [1.82, 2.24) is 0 Å². The average Bonchev–Trinajstić information content (AvgIpc) is 2.47. The summed E-state index contributed by atoms with van der Waals surface area (Å²) in [6.45, 7) is 1.96. The SMILES string of the molecule is Cc1ccc2oc(=O)c(-c3ccc(C(=O)O)cc3)cc2c1. The topological polar surface area (TPSA) is 67.5 Å². The number of aromatic carboxylic acids is 1. The van der Waals surface area contributed by atoms with Gasteiger partial charge in [0.2, 0.25) is 0 Å². The Hall–Kier alpha value is -2.88. The summed E-state index contributed by atoms with van der Waals surface area (Å²) in [5.41, 5.74) is 2.41. The Morgan fingerprint density at radius 2 is 1.76 bits per heavy atom. The lowest BCUT2D eigenvalue weighted by Gasteiger charge is -2.04. The van der Waals surface area contributed by atoms with Crippen LogP contribution in [0.3, 0.4) is 0 Å². The predicted molar refractivity (Wildman–Crippen MR) is 79.6 cm³/mol. The van der Waals surface area contributed by atoms with Crippen LogP contribution in [0, 0.1) is 6.92 Å². The van der Waals surface area contributed by atoms with Crippen LogP contribution in [0.25, 0.3) is 22.1 Å². The van der Waals surface area contributed by atoms with Crippen LogP contribution < -0.4 is 5.63 Å². The lowest BCUT2D eigenvalue weighted by Crippen LogP contribution is -2.03. The fraction of sp³-hybridized carbons (Fsp3) is 0.0588. The quantitative estimate of drug-likeness (QED) is 0.730. The highest BCUT2D eigenvalue weighted by Crippen LogP contribution is 2.22. The molecule has 104 valence electrons. The van der Waals surface area contributed by atoms with Crippen LogP contribution in [0.15, 0.2) is 57.7 Å². The van der Waals surface area contributed by atoms with Gasteiger partial charge in [-0.05, 0) is 42.8 Å². The van der Waals surface area contributed by atoms with Gasteiger partial charge in [0.1, 0.15) is 5.58 Å². The van der Waals surface area contributed by atoms with Crippen molar-refractivity contribution in [2.75, 3.05) is 0 Å². The number of benzene rings is 2. The molecule has 0 unspecified atom stereocenters. The maximum absolute atomic E-state index is 12.1. The van der Waals surface area contributed by atoms with E-state index in [0.29, 0.717) is 16.7 Å². The number of hydrogen-bond donors (Lipinski definition) is 1. The van der Waals surface area contributed by atoms with Crippen molar-refractivity contribution in [2.24, 2.45) is 0 Å². The molecule has 0 radical (unpaired) electrons. The lowest BCUT2D eigenvalue weighted by molar-refractivity contribution is 0.0697. The first-order valence-corrected chi connectivity index (χ1v) is 6.43. The summed E-state index contributed by atoms with van der Waals surface area (Å²) in [5.74, 6) is -0.997. The van der Waals surface area contributed by atoms with E-state index < -0.39 is 11.6 Å². The smallest absolute Gasteiger partial charge is 0.344 e. The van der Waals surface area contributed by atoms with Crippen LogP contribution in [-0.2, 0) is 0 Å². The summed E-state index contributed by atoms with van der Waals surface area (Å²) in [5, 5.41) is 9.73. The monoisotopic (exact) mass is 280 g/mol. The van der Waals surface area contributed by atoms with Gasteiger partial charge in [-0.3, -0.25) is 0 Å². The summed E-state index contributed by atoms with van der Waals surface area (Å²) in [4.78, 5) is 22.9. The number of hydrogen-bond acceptors (Lipinski definition) is 3. The highest BCUT2D eigenvalue weighted by molar-refractivity contribution is 5.88. The number of rotatable bonds is 2. The van der Waals surface area contributed by atoms with Gasteiger partial charge in [-0.1, -0.05) is 23.8 Å². The molecule has 0 aliphatic heterocycles. The molecular weight excluding hydrogens is 268 g/mol. The molecule has 0 atom stereocenters. The Balaban J connectivity index is 2.17. The second kappa shape index (κ2) is 4.90. The number of carboxylic acids is 1. The second-order valence-electron chi connectivity index (χ2n) is 4.87. The molecule has 3 aromatic rings. The van der Waals surface area contributed by atoms with Gasteiger partial charge in [0.05, 0.1) is 11.1 Å². The van der Waals surface area contributed by atoms with Crippen molar-refractivity contribution in [2.45, 2.75) is 6.92 Å². The predicted octanol–water partition coefficient (Wildman–Crippen LogP) is 3.47. The standard InChI is InChI=1S/C17H12O4/c1-10-2-7-15-13(8-10)9-14(17(20)21-15)11-3-5-12(6-4-11)16(18)19/h2-9H,1H3,(H,18,19). The molecular formula is C17H12O4. The number of carbonyl (C=O) groups is 1. The zero-order valence-corrected chi connectivity index (χ0v) is 11.3. The summed E-state index contributed by atoms with van der Waals surface area (Å²) >= 11 is 0. The first kappa shape index (κ1) is 13.1. The summed E-state index contributed by atoms with van der Waals surface area (Å²) in [6, 6.07) is 13.5. The normalized spacial score (nSPS) is 10.7. The van der Waals surface area contributed by atoms with Crippen LogP contribution in [0.1, 0.15) is 15.9 Å². The molecule has 0 aliphatic rings. The maximum Gasteiger partial charge on any atom is 0.344 e. The summed E-state index contributed by atoms with van der Waals surface area (Å²) in [7, 11) is 0. The van der Waals surface area contributed by atoms with Gasteiger partial charge < -0.3 is 9.52 Å². The van der Waals surface area contributed by atoms with Crippen LogP contribution in [-0.4, -0.2) is 11.1 Å². The molecule has 21 heavy (non-hydrogen) atoms. The van der Waals surface area contributed by atoms with Crippen LogP contribution in [0.4, 0.5) is 0 Å². The van der Waals surface area contributed by atoms with E-state index in [1.54, 1.807) is 24.3 Å². The molecule has 0 saturated carbocycles. The minimum Gasteiger partial charge on any atom is -0.478 e. The molecule has 2 aromatic carbocycles. The van der Waals surface area contributed by atoms with E-state index in [-0.39, 0.29) is 5.56 Å². The largest absolute Gasteiger partial charge is 0.478 e. The summed E-state index contributed by atoms with van der Waals surface area (Å²) in [6.07, 6.45) is 0. The molecule has 4 heteroatoms. The molecule has 0 aliphatic carbocycles. The van der Waals surface area contributed by atoms with E-state index >= 15 is 0 Å². The highest BCUT2D eigenvalue weighted by atomic mass is 16.4. The van der Waals surface area contributed by atoms with E-state index in [1.165, 1.54) is 12.1 Å².